The molecule has 0 aromatic heterocycles. The number of rotatable bonds is 2. The molecule has 2 nitrogen and oxygen atoms in total. The molecule has 0 aliphatic rings. The van der Waals surface area contributed by atoms with E-state index in [4.69, 9.17) is 0 Å². The molecule has 22 heavy (non-hydrogen) atoms. The van der Waals surface area contributed by atoms with E-state index in [1.807, 2.05) is 54.6 Å². The largest absolute Gasteiger partial charge is 0.289 e. The van der Waals surface area contributed by atoms with Crippen LogP contribution in [0.1, 0.15) is 10.4 Å². The Kier molecular flexibility index (Phi) is 2.76. The first-order valence-corrected chi connectivity index (χ1v) is 7.13. The van der Waals surface area contributed by atoms with Gasteiger partial charge in [0.25, 0.3) is 0 Å². The zero-order valence-electron chi connectivity index (χ0n) is 11.7. The summed E-state index contributed by atoms with van der Waals surface area (Å²) in [5, 5.41) is 3.99. The van der Waals surface area contributed by atoms with Gasteiger partial charge in [-0.3, -0.25) is 9.59 Å². The SMILES string of the molecule is O=C(/C=c1/c(=O)c2cccc3cccc1c32)c1ccccc1. The molecule has 0 spiro atoms. The van der Waals surface area contributed by atoms with E-state index in [1.54, 1.807) is 12.1 Å². The quantitative estimate of drug-likeness (QED) is 0.530. The molecule has 2 heteroatoms. The Bertz CT molecular complexity index is 1090. The predicted octanol–water partition coefficient (Wildman–Crippen LogP) is 3.17. The standard InChI is InChI=1S/C20H12O2/c21-18(13-6-2-1-3-7-13)12-17-15-10-4-8-14-9-5-11-16(19(14)15)20(17)22/h1-12H/b17-12+. The molecule has 0 bridgehead atoms. The Hall–Kier alpha value is -3.00. The monoisotopic (exact) mass is 284 g/mol. The van der Waals surface area contributed by atoms with Gasteiger partial charge < -0.3 is 0 Å². The van der Waals surface area contributed by atoms with E-state index in [-0.39, 0.29) is 11.2 Å². The van der Waals surface area contributed by atoms with E-state index < -0.39 is 0 Å². The van der Waals surface area contributed by atoms with Gasteiger partial charge in [0, 0.05) is 21.6 Å². The van der Waals surface area contributed by atoms with Gasteiger partial charge in [-0.25, -0.2) is 0 Å². The summed E-state index contributed by atoms with van der Waals surface area (Å²) in [6, 6.07) is 20.5. The Balaban J connectivity index is 2.06. The van der Waals surface area contributed by atoms with Gasteiger partial charge in [-0.1, -0.05) is 66.7 Å². The minimum absolute atomic E-state index is 0.0731. The van der Waals surface area contributed by atoms with Crippen LogP contribution in [0.3, 0.4) is 0 Å². The fourth-order valence-corrected chi connectivity index (χ4v) is 2.98. The molecule has 0 fully saturated rings. The van der Waals surface area contributed by atoms with Crippen LogP contribution in [0.25, 0.3) is 27.6 Å². The molecule has 0 amide bonds. The number of ketones is 1. The summed E-state index contributed by atoms with van der Waals surface area (Å²) in [5.41, 5.74) is 0.516. The summed E-state index contributed by atoms with van der Waals surface area (Å²) in [6.45, 7) is 0. The Morgan fingerprint density at radius 1 is 0.773 bits per heavy atom. The zero-order chi connectivity index (χ0) is 15.1. The molecule has 0 saturated carbocycles. The van der Waals surface area contributed by atoms with E-state index >= 15 is 0 Å². The van der Waals surface area contributed by atoms with Crippen molar-refractivity contribution in [3.8, 4) is 0 Å². The first-order valence-electron chi connectivity index (χ1n) is 7.13. The summed E-state index contributed by atoms with van der Waals surface area (Å²) < 4.78 is 0. The highest BCUT2D eigenvalue weighted by Crippen LogP contribution is 2.22. The van der Waals surface area contributed by atoms with Crippen LogP contribution in [0, 0.1) is 0 Å². The van der Waals surface area contributed by atoms with Crippen molar-refractivity contribution < 1.29 is 4.79 Å². The molecule has 0 N–H and O–H groups in total. The first kappa shape index (κ1) is 12.7. The highest BCUT2D eigenvalue weighted by molar-refractivity contribution is 6.20. The maximum absolute atomic E-state index is 12.6. The second-order valence-electron chi connectivity index (χ2n) is 5.33. The van der Waals surface area contributed by atoms with Crippen molar-refractivity contribution in [1.29, 1.82) is 0 Å². The van der Waals surface area contributed by atoms with Crippen molar-refractivity contribution in [2.45, 2.75) is 0 Å². The van der Waals surface area contributed by atoms with Crippen LogP contribution in [0.2, 0.25) is 0 Å². The van der Waals surface area contributed by atoms with Gasteiger partial charge in [0.1, 0.15) is 0 Å². The van der Waals surface area contributed by atoms with Gasteiger partial charge in [0.2, 0.25) is 0 Å². The van der Waals surface area contributed by atoms with Gasteiger partial charge in [0.15, 0.2) is 11.2 Å². The summed E-state index contributed by atoms with van der Waals surface area (Å²) in [7, 11) is 0. The van der Waals surface area contributed by atoms with Crippen molar-refractivity contribution in [1.82, 2.24) is 0 Å². The maximum atomic E-state index is 12.6. The van der Waals surface area contributed by atoms with Crippen LogP contribution in [0.15, 0.2) is 71.5 Å². The molecule has 0 radical (unpaired) electrons. The van der Waals surface area contributed by atoms with Crippen LogP contribution in [-0.2, 0) is 0 Å². The summed E-state index contributed by atoms with van der Waals surface area (Å²) >= 11 is 0. The molecule has 0 aliphatic carbocycles. The lowest BCUT2D eigenvalue weighted by atomic mass is 10.1. The van der Waals surface area contributed by atoms with Gasteiger partial charge in [0.05, 0.1) is 0 Å². The third-order valence-electron chi connectivity index (χ3n) is 4.02. The van der Waals surface area contributed by atoms with Crippen LogP contribution < -0.4 is 10.6 Å². The normalized spacial score (nSPS) is 12.3. The molecule has 4 rings (SSSR count). The zero-order valence-corrected chi connectivity index (χ0v) is 11.7. The summed E-state index contributed by atoms with van der Waals surface area (Å²) in [4.78, 5) is 25.0. The van der Waals surface area contributed by atoms with Crippen LogP contribution in [0.5, 0.6) is 0 Å². The molecule has 0 atom stereocenters. The second kappa shape index (κ2) is 4.78. The molecule has 4 aromatic carbocycles. The third-order valence-corrected chi connectivity index (χ3v) is 4.02. The number of carbonyl (C=O) groups excluding carboxylic acids is 1. The highest BCUT2D eigenvalue weighted by atomic mass is 16.1. The third kappa shape index (κ3) is 1.81. The van der Waals surface area contributed by atoms with Crippen molar-refractivity contribution in [2.75, 3.05) is 0 Å². The molecule has 0 unspecified atom stereocenters. The van der Waals surface area contributed by atoms with Gasteiger partial charge in [-0.15, -0.1) is 0 Å². The molecule has 0 aliphatic heterocycles. The summed E-state index contributed by atoms with van der Waals surface area (Å²) in [5.74, 6) is -0.145. The summed E-state index contributed by atoms with van der Waals surface area (Å²) in [6.07, 6.45) is 1.46. The number of hydrogen-bond donors (Lipinski definition) is 0. The minimum Gasteiger partial charge on any atom is -0.289 e. The Morgan fingerprint density at radius 3 is 2.18 bits per heavy atom. The van der Waals surface area contributed by atoms with Gasteiger partial charge in [-0.05, 0) is 16.8 Å². The molecule has 0 saturated heterocycles. The van der Waals surface area contributed by atoms with Gasteiger partial charge >= 0.3 is 0 Å². The van der Waals surface area contributed by atoms with Crippen molar-refractivity contribution >= 4 is 33.4 Å². The van der Waals surface area contributed by atoms with Crippen molar-refractivity contribution in [3.63, 3.8) is 0 Å². The number of benzene rings is 3. The van der Waals surface area contributed by atoms with Crippen molar-refractivity contribution in [3.05, 3.63) is 87.7 Å². The smallest absolute Gasteiger partial charge is 0.194 e. The number of hydrogen-bond acceptors (Lipinski definition) is 2. The lowest BCUT2D eigenvalue weighted by molar-refractivity contribution is 0.106. The average molecular weight is 284 g/mol. The Labute approximate surface area is 126 Å². The lowest BCUT2D eigenvalue weighted by Gasteiger charge is -1.96. The van der Waals surface area contributed by atoms with E-state index in [0.717, 1.165) is 16.2 Å². The van der Waals surface area contributed by atoms with Crippen LogP contribution in [0.4, 0.5) is 0 Å². The molecule has 4 aromatic rings. The Morgan fingerprint density at radius 2 is 1.45 bits per heavy atom. The molecule has 0 heterocycles. The fourth-order valence-electron chi connectivity index (χ4n) is 2.98. The maximum Gasteiger partial charge on any atom is 0.194 e. The van der Waals surface area contributed by atoms with E-state index in [2.05, 4.69) is 0 Å². The van der Waals surface area contributed by atoms with Crippen LogP contribution >= 0.6 is 0 Å². The first-order chi connectivity index (χ1) is 10.8. The predicted molar refractivity (Wildman–Crippen MR) is 89.4 cm³/mol. The molecule has 104 valence electrons. The van der Waals surface area contributed by atoms with E-state index in [1.165, 1.54) is 6.08 Å². The van der Waals surface area contributed by atoms with Gasteiger partial charge in [-0.2, -0.15) is 0 Å². The van der Waals surface area contributed by atoms with Crippen LogP contribution in [-0.4, -0.2) is 5.78 Å². The van der Waals surface area contributed by atoms with Crippen molar-refractivity contribution in [2.24, 2.45) is 0 Å². The van der Waals surface area contributed by atoms with E-state index in [9.17, 15) is 9.59 Å². The van der Waals surface area contributed by atoms with E-state index in [0.29, 0.717) is 16.2 Å². The number of Topliss-reactive ketones (excluding diaryl/α,β-unsaturated/α-hetero) is 1. The number of carbonyl (C=O) groups is 1. The fraction of sp³-hybridized carbons (Fsp3) is 0. The molecular weight excluding hydrogens is 272 g/mol. The molecular formula is C20H12O2. The second-order valence-corrected chi connectivity index (χ2v) is 5.33. The lowest BCUT2D eigenvalue weighted by Crippen LogP contribution is -2.21. The minimum atomic E-state index is -0.145. The highest BCUT2D eigenvalue weighted by Gasteiger charge is 2.11. The average Bonchev–Trinajstić information content (AvgIpc) is 2.84. The topological polar surface area (TPSA) is 34.1 Å².